The summed E-state index contributed by atoms with van der Waals surface area (Å²) in [5, 5.41) is 0. The van der Waals surface area contributed by atoms with Crippen LogP contribution in [-0.4, -0.2) is 53.8 Å². The minimum absolute atomic E-state index is 0.268. The molecule has 0 saturated carbocycles. The first-order valence-corrected chi connectivity index (χ1v) is 9.12. The maximum atomic E-state index is 12.7. The van der Waals surface area contributed by atoms with Gasteiger partial charge in [0.25, 0.3) is 0 Å². The predicted octanol–water partition coefficient (Wildman–Crippen LogP) is -0.278. The summed E-state index contributed by atoms with van der Waals surface area (Å²) in [4.78, 5) is 29.0. The van der Waals surface area contributed by atoms with E-state index in [1.165, 1.54) is 14.1 Å². The van der Waals surface area contributed by atoms with Gasteiger partial charge >= 0.3 is 21.3 Å². The third-order valence-electron chi connectivity index (χ3n) is 4.43. The topological polar surface area (TPSA) is 95.5 Å². The Kier molecular flexibility index (Phi) is 4.10. The second kappa shape index (κ2) is 5.83. The van der Waals surface area contributed by atoms with Crippen LogP contribution >= 0.6 is 0 Å². The molecular formula is C15H20N4O4S. The van der Waals surface area contributed by atoms with E-state index in [1.807, 2.05) is 13.0 Å². The van der Waals surface area contributed by atoms with Gasteiger partial charge in [0.05, 0.1) is 11.0 Å². The van der Waals surface area contributed by atoms with Crippen molar-refractivity contribution in [3.63, 3.8) is 0 Å². The number of hydrogen-bond donors (Lipinski definition) is 1. The fourth-order valence-corrected chi connectivity index (χ4v) is 4.08. The summed E-state index contributed by atoms with van der Waals surface area (Å²) in [5.74, 6) is 0. The molecule has 24 heavy (non-hydrogen) atoms. The molecule has 0 aliphatic carbocycles. The number of aromatic amines is 1. The second-order valence-corrected chi connectivity index (χ2v) is 8.02. The smallest absolute Gasteiger partial charge is 0.316 e. The van der Waals surface area contributed by atoms with Crippen LogP contribution in [0.1, 0.15) is 18.1 Å². The fraction of sp³-hybridized carbons (Fsp3) is 0.467. The van der Waals surface area contributed by atoms with Gasteiger partial charge in [-0.2, -0.15) is 16.7 Å². The van der Waals surface area contributed by atoms with Crippen molar-refractivity contribution >= 4 is 21.2 Å². The average Bonchev–Trinajstić information content (AvgIpc) is 2.55. The van der Waals surface area contributed by atoms with E-state index in [4.69, 9.17) is 0 Å². The number of fused-ring (bicyclic) bond motifs is 3. The molecule has 0 amide bonds. The van der Waals surface area contributed by atoms with Gasteiger partial charge in [-0.3, -0.25) is 14.5 Å². The summed E-state index contributed by atoms with van der Waals surface area (Å²) in [5.41, 5.74) is 0.362. The summed E-state index contributed by atoms with van der Waals surface area (Å²) in [6.07, 6.45) is 0.772. The summed E-state index contributed by atoms with van der Waals surface area (Å²) in [6.45, 7) is 4.27. The molecule has 1 aliphatic heterocycles. The Morgan fingerprint density at radius 2 is 1.96 bits per heavy atom. The van der Waals surface area contributed by atoms with E-state index in [-0.39, 0.29) is 5.52 Å². The lowest BCUT2D eigenvalue weighted by Crippen LogP contribution is -2.44. The molecule has 3 rings (SSSR count). The number of nitrogens with one attached hydrogen (secondary N) is 1. The first kappa shape index (κ1) is 16.9. The zero-order valence-corrected chi connectivity index (χ0v) is 14.7. The maximum Gasteiger partial charge on any atom is 0.331 e. The molecule has 1 aromatic heterocycles. The van der Waals surface area contributed by atoms with Crippen LogP contribution in [0.3, 0.4) is 0 Å². The van der Waals surface area contributed by atoms with Gasteiger partial charge in [0.2, 0.25) is 0 Å². The minimum atomic E-state index is -4.12. The highest BCUT2D eigenvalue weighted by atomic mass is 32.2. The summed E-state index contributed by atoms with van der Waals surface area (Å²) in [7, 11) is -1.44. The van der Waals surface area contributed by atoms with Gasteiger partial charge in [0.15, 0.2) is 0 Å². The molecule has 2 aromatic rings. The third kappa shape index (κ3) is 2.48. The Bertz CT molecular complexity index is 1020. The Hall–Kier alpha value is -1.97. The number of aromatic nitrogens is 2. The van der Waals surface area contributed by atoms with Gasteiger partial charge in [-0.1, -0.05) is 13.0 Å². The largest absolute Gasteiger partial charge is 0.331 e. The number of nitrogens with zero attached hydrogens (tertiary/aromatic N) is 3. The lowest BCUT2D eigenvalue weighted by Gasteiger charge is -2.29. The Balaban J connectivity index is 2.48. The van der Waals surface area contributed by atoms with E-state index < -0.39 is 21.3 Å². The first-order valence-electron chi connectivity index (χ1n) is 7.72. The van der Waals surface area contributed by atoms with Crippen molar-refractivity contribution in [2.24, 2.45) is 0 Å². The summed E-state index contributed by atoms with van der Waals surface area (Å²) >= 11 is 0. The molecule has 0 saturated heterocycles. The Morgan fingerprint density at radius 1 is 1.25 bits per heavy atom. The van der Waals surface area contributed by atoms with Crippen molar-refractivity contribution in [1.82, 2.24) is 18.2 Å². The van der Waals surface area contributed by atoms with Gasteiger partial charge in [-0.05, 0) is 30.2 Å². The van der Waals surface area contributed by atoms with Crippen molar-refractivity contribution in [3.05, 3.63) is 44.0 Å². The molecule has 0 fully saturated rings. The van der Waals surface area contributed by atoms with E-state index in [0.717, 1.165) is 34.9 Å². The summed E-state index contributed by atoms with van der Waals surface area (Å²) < 4.78 is 26.9. The molecule has 1 N–H and O–H groups in total. The Morgan fingerprint density at radius 3 is 2.58 bits per heavy atom. The van der Waals surface area contributed by atoms with Crippen LogP contribution in [0, 0.1) is 0 Å². The van der Waals surface area contributed by atoms with Crippen LogP contribution in [0.25, 0.3) is 11.0 Å². The highest BCUT2D eigenvalue weighted by molar-refractivity contribution is 7.87. The van der Waals surface area contributed by atoms with Gasteiger partial charge in [0.1, 0.15) is 0 Å². The Labute approximate surface area is 139 Å². The molecule has 130 valence electrons. The fourth-order valence-electron chi connectivity index (χ4n) is 3.03. The van der Waals surface area contributed by atoms with Gasteiger partial charge in [-0.25, -0.2) is 0 Å². The van der Waals surface area contributed by atoms with E-state index >= 15 is 0 Å². The van der Waals surface area contributed by atoms with Crippen molar-refractivity contribution in [1.29, 1.82) is 0 Å². The van der Waals surface area contributed by atoms with Crippen molar-refractivity contribution in [3.8, 4) is 0 Å². The van der Waals surface area contributed by atoms with Crippen molar-refractivity contribution < 1.29 is 8.42 Å². The number of H-pyrrole nitrogens is 1. The van der Waals surface area contributed by atoms with Crippen LogP contribution in [-0.2, 0) is 23.2 Å². The number of benzene rings is 1. The zero-order valence-electron chi connectivity index (χ0n) is 13.9. The second-order valence-electron chi connectivity index (χ2n) is 6.03. The molecule has 0 atom stereocenters. The molecule has 1 aromatic carbocycles. The molecule has 8 nitrogen and oxygen atoms in total. The number of rotatable bonds is 3. The molecule has 9 heteroatoms. The lowest BCUT2D eigenvalue weighted by molar-refractivity contribution is 0.269. The number of hydrogen-bond acceptors (Lipinski definition) is 5. The van der Waals surface area contributed by atoms with Crippen LogP contribution in [0.4, 0.5) is 0 Å². The van der Waals surface area contributed by atoms with Crippen LogP contribution in [0.2, 0.25) is 0 Å². The normalized spacial score (nSPS) is 15.8. The lowest BCUT2D eigenvalue weighted by atomic mass is 9.98. The maximum absolute atomic E-state index is 12.7. The van der Waals surface area contributed by atoms with Crippen LogP contribution < -0.4 is 11.1 Å². The van der Waals surface area contributed by atoms with Crippen molar-refractivity contribution in [2.75, 3.05) is 27.2 Å². The molecule has 0 bridgehead atoms. The summed E-state index contributed by atoms with van der Waals surface area (Å²) in [6, 6.07) is 3.55. The van der Waals surface area contributed by atoms with E-state index in [2.05, 4.69) is 9.88 Å². The van der Waals surface area contributed by atoms with Crippen LogP contribution in [0.15, 0.2) is 21.7 Å². The minimum Gasteiger partial charge on any atom is -0.316 e. The zero-order chi connectivity index (χ0) is 17.6. The van der Waals surface area contributed by atoms with E-state index in [0.29, 0.717) is 16.0 Å². The highest BCUT2D eigenvalue weighted by Gasteiger charge is 2.27. The van der Waals surface area contributed by atoms with Crippen molar-refractivity contribution in [2.45, 2.75) is 19.9 Å². The average molecular weight is 352 g/mol. The van der Waals surface area contributed by atoms with Crippen LogP contribution in [0.5, 0.6) is 0 Å². The number of likely N-dealkylation sites (N-methyl/N-ethyl adjacent to an activating group) is 1. The van der Waals surface area contributed by atoms with Gasteiger partial charge in [0, 0.05) is 27.2 Å². The van der Waals surface area contributed by atoms with E-state index in [1.54, 1.807) is 6.07 Å². The highest BCUT2D eigenvalue weighted by Crippen LogP contribution is 2.26. The standard InChI is InChI=1S/C15H20N4O4S/c1-4-18-8-7-10-5-6-12-13(11(10)9-18)19(15(21)14(20)16-12)24(22,23)17(2)3/h5-6H,4,7-9H2,1-3H3,(H,16,20). The first-order chi connectivity index (χ1) is 11.3. The molecule has 0 unspecified atom stereocenters. The van der Waals surface area contributed by atoms with Gasteiger partial charge in [-0.15, -0.1) is 0 Å². The molecule has 2 heterocycles. The predicted molar refractivity (Wildman–Crippen MR) is 91.5 cm³/mol. The third-order valence-corrected chi connectivity index (χ3v) is 6.16. The van der Waals surface area contributed by atoms with E-state index in [9.17, 15) is 18.0 Å². The molecule has 1 aliphatic rings. The SMILES string of the molecule is CCN1CCc2ccc3[nH]c(=O)c(=O)n(S(=O)(=O)N(C)C)c3c2C1. The van der Waals surface area contributed by atoms with Gasteiger partial charge < -0.3 is 4.98 Å². The molecular weight excluding hydrogens is 332 g/mol. The molecule has 0 spiro atoms. The quantitative estimate of drug-likeness (QED) is 0.767. The monoisotopic (exact) mass is 352 g/mol. The molecule has 0 radical (unpaired) electrons.